The third kappa shape index (κ3) is 42.6. The monoisotopic (exact) mass is 872 g/mol. The number of esters is 2. The zero-order valence-corrected chi connectivity index (χ0v) is 39.2. The number of carbonyl (C=O) groups excluding carboxylic acids is 2. The Labute approximate surface area is 366 Å². The molecule has 0 heterocycles. The molecule has 0 bridgehead atoms. The molecule has 0 rings (SSSR count). The molecule has 0 aromatic rings. The minimum absolute atomic E-state index is 0.163. The highest BCUT2D eigenvalue weighted by atomic mass is 31.2. The summed E-state index contributed by atoms with van der Waals surface area (Å²) in [4.78, 5) is 46.1. The highest BCUT2D eigenvalue weighted by Gasteiger charge is 2.28. The van der Waals surface area contributed by atoms with Crippen LogP contribution in [0, 0.1) is 0 Å². The lowest BCUT2D eigenvalue weighted by Gasteiger charge is -2.20. The number of rotatable bonds is 46. The standard InChI is InChI=1S/C48H90NO10P/c1-3-5-7-9-11-13-15-17-19-20-21-22-23-24-26-28-30-32-34-36-38-40-47(51)59-44(42-57-60(54,55)58-43-45(49)48(52)53)41-56-46(50)39-37-35-33-31-29-27-25-18-16-14-12-10-8-6-4-2/h14,16,18,25,44-45H,3-13,15,17,19-24,26-43,49H2,1-2H3,(H,52,53)(H,54,55)/b16-14+,25-18+/t44-,45-/m0/s1. The smallest absolute Gasteiger partial charge is 0.472 e. The number of carboxylic acids is 1. The van der Waals surface area contributed by atoms with Crippen molar-refractivity contribution in [1.82, 2.24) is 0 Å². The van der Waals surface area contributed by atoms with E-state index < -0.39 is 51.1 Å². The highest BCUT2D eigenvalue weighted by Crippen LogP contribution is 2.43. The maximum atomic E-state index is 12.7. The van der Waals surface area contributed by atoms with Gasteiger partial charge in [0, 0.05) is 12.8 Å². The fourth-order valence-corrected chi connectivity index (χ4v) is 7.66. The summed E-state index contributed by atoms with van der Waals surface area (Å²) in [5.74, 6) is -2.38. The quantitative estimate of drug-likeness (QED) is 0.0230. The van der Waals surface area contributed by atoms with Crippen molar-refractivity contribution in [1.29, 1.82) is 0 Å². The minimum Gasteiger partial charge on any atom is -0.480 e. The molecule has 0 aliphatic rings. The van der Waals surface area contributed by atoms with E-state index in [1.165, 1.54) is 135 Å². The van der Waals surface area contributed by atoms with E-state index in [0.717, 1.165) is 57.8 Å². The normalized spacial score (nSPS) is 13.8. The molecule has 352 valence electrons. The van der Waals surface area contributed by atoms with E-state index >= 15 is 0 Å². The molecule has 0 aliphatic carbocycles. The van der Waals surface area contributed by atoms with Crippen molar-refractivity contribution >= 4 is 25.7 Å². The largest absolute Gasteiger partial charge is 0.480 e. The van der Waals surface area contributed by atoms with E-state index in [4.69, 9.17) is 24.8 Å². The van der Waals surface area contributed by atoms with Crippen molar-refractivity contribution in [3.63, 3.8) is 0 Å². The number of hydrogen-bond donors (Lipinski definition) is 3. The van der Waals surface area contributed by atoms with Crippen LogP contribution in [0.4, 0.5) is 0 Å². The number of nitrogens with two attached hydrogens (primary N) is 1. The van der Waals surface area contributed by atoms with Gasteiger partial charge in [0.05, 0.1) is 13.2 Å². The van der Waals surface area contributed by atoms with Crippen molar-refractivity contribution in [2.45, 2.75) is 244 Å². The number of ether oxygens (including phenoxy) is 2. The van der Waals surface area contributed by atoms with Crippen molar-refractivity contribution < 1.29 is 47.5 Å². The number of aliphatic carboxylic acids is 1. The molecule has 60 heavy (non-hydrogen) atoms. The van der Waals surface area contributed by atoms with Gasteiger partial charge in [-0.25, -0.2) is 4.57 Å². The second-order valence-corrected chi connectivity index (χ2v) is 18.1. The average Bonchev–Trinajstić information content (AvgIpc) is 3.22. The number of phosphoric acid groups is 1. The number of carboxylic acid groups (broad SMARTS) is 1. The predicted octanol–water partition coefficient (Wildman–Crippen LogP) is 13.4. The van der Waals surface area contributed by atoms with Gasteiger partial charge in [-0.2, -0.15) is 0 Å². The van der Waals surface area contributed by atoms with E-state index in [9.17, 15) is 23.8 Å². The number of phosphoric ester groups is 1. The summed E-state index contributed by atoms with van der Waals surface area (Å²) in [6.07, 6.45) is 46.7. The maximum Gasteiger partial charge on any atom is 0.472 e. The first-order chi connectivity index (χ1) is 29.1. The van der Waals surface area contributed by atoms with E-state index in [-0.39, 0.29) is 19.4 Å². The second-order valence-electron chi connectivity index (χ2n) is 16.6. The van der Waals surface area contributed by atoms with Crippen LogP contribution in [-0.4, -0.2) is 59.9 Å². The number of allylic oxidation sites excluding steroid dienone is 4. The molecule has 0 aromatic carbocycles. The highest BCUT2D eigenvalue weighted by molar-refractivity contribution is 7.47. The summed E-state index contributed by atoms with van der Waals surface area (Å²) in [6.45, 7) is 2.80. The second kappa shape index (κ2) is 43.6. The number of unbranched alkanes of at least 4 members (excludes halogenated alkanes) is 29. The van der Waals surface area contributed by atoms with Crippen LogP contribution in [0.2, 0.25) is 0 Å². The van der Waals surface area contributed by atoms with Crippen molar-refractivity contribution in [3.8, 4) is 0 Å². The van der Waals surface area contributed by atoms with Gasteiger partial charge < -0.3 is 25.2 Å². The lowest BCUT2D eigenvalue weighted by atomic mass is 10.0. The van der Waals surface area contributed by atoms with Crippen LogP contribution in [0.25, 0.3) is 0 Å². The van der Waals surface area contributed by atoms with Gasteiger partial charge in [0.1, 0.15) is 12.6 Å². The molecule has 11 nitrogen and oxygen atoms in total. The van der Waals surface area contributed by atoms with Crippen LogP contribution in [0.3, 0.4) is 0 Å². The van der Waals surface area contributed by atoms with Gasteiger partial charge in [-0.1, -0.05) is 205 Å². The summed E-state index contributed by atoms with van der Waals surface area (Å²) in [5.41, 5.74) is 5.34. The SMILES string of the molecule is CCCCCC/C=C/C=C/CCCCCCCC(=O)OC[C@@H](COP(=O)(O)OC[C@H](N)C(=O)O)OC(=O)CCCCCCCCCCCCCCCCCCCCCCC. The third-order valence-electron chi connectivity index (χ3n) is 10.7. The molecule has 0 spiro atoms. The first-order valence-corrected chi connectivity index (χ1v) is 25.9. The molecule has 0 aromatic heterocycles. The third-order valence-corrected chi connectivity index (χ3v) is 11.7. The van der Waals surface area contributed by atoms with Crippen LogP contribution in [0.5, 0.6) is 0 Å². The summed E-state index contributed by atoms with van der Waals surface area (Å²) in [6, 6.07) is -1.52. The zero-order valence-electron chi connectivity index (χ0n) is 38.3. The Hall–Kier alpha value is -2.04. The Morgan fingerprint density at radius 3 is 1.28 bits per heavy atom. The molecule has 3 atom stereocenters. The molecule has 4 N–H and O–H groups in total. The van der Waals surface area contributed by atoms with Crippen LogP contribution in [0.1, 0.15) is 232 Å². The average molecular weight is 872 g/mol. The maximum absolute atomic E-state index is 12.7. The first kappa shape index (κ1) is 58.0. The van der Waals surface area contributed by atoms with Crippen molar-refractivity contribution in [2.75, 3.05) is 19.8 Å². The first-order valence-electron chi connectivity index (χ1n) is 24.4. The molecular formula is C48H90NO10P. The Kier molecular flexibility index (Phi) is 42.1. The molecule has 0 radical (unpaired) electrons. The summed E-state index contributed by atoms with van der Waals surface area (Å²) in [5, 5.41) is 8.91. The fourth-order valence-electron chi connectivity index (χ4n) is 6.88. The zero-order chi connectivity index (χ0) is 44.2. The summed E-state index contributed by atoms with van der Waals surface area (Å²) in [7, 11) is -4.72. The van der Waals surface area contributed by atoms with E-state index in [1.54, 1.807) is 0 Å². The van der Waals surface area contributed by atoms with Crippen LogP contribution in [0.15, 0.2) is 24.3 Å². The Morgan fingerprint density at radius 1 is 0.517 bits per heavy atom. The molecule has 12 heteroatoms. The van der Waals surface area contributed by atoms with E-state index in [0.29, 0.717) is 12.8 Å². The molecule has 0 saturated heterocycles. The topological polar surface area (TPSA) is 172 Å². The van der Waals surface area contributed by atoms with Crippen molar-refractivity contribution in [3.05, 3.63) is 24.3 Å². The van der Waals surface area contributed by atoms with E-state index in [2.05, 4.69) is 42.7 Å². The molecular weight excluding hydrogens is 781 g/mol. The number of carbonyl (C=O) groups is 3. The minimum atomic E-state index is -4.72. The van der Waals surface area contributed by atoms with Crippen LogP contribution < -0.4 is 5.73 Å². The molecule has 0 fully saturated rings. The molecule has 1 unspecified atom stereocenters. The molecule has 0 aliphatic heterocycles. The summed E-state index contributed by atoms with van der Waals surface area (Å²) < 4.78 is 32.8. The van der Waals surface area contributed by atoms with Gasteiger partial charge in [-0.15, -0.1) is 0 Å². The Bertz CT molecular complexity index is 1120. The molecule has 0 saturated carbocycles. The number of hydrogen-bond acceptors (Lipinski definition) is 9. The van der Waals surface area contributed by atoms with Gasteiger partial charge in [0.2, 0.25) is 0 Å². The van der Waals surface area contributed by atoms with Crippen LogP contribution >= 0.6 is 7.82 Å². The van der Waals surface area contributed by atoms with Gasteiger partial charge >= 0.3 is 25.7 Å². The van der Waals surface area contributed by atoms with Gasteiger partial charge in [0.15, 0.2) is 6.10 Å². The summed E-state index contributed by atoms with van der Waals surface area (Å²) >= 11 is 0. The van der Waals surface area contributed by atoms with Gasteiger partial charge in [0.25, 0.3) is 0 Å². The Balaban J connectivity index is 4.25. The lowest BCUT2D eigenvalue weighted by Crippen LogP contribution is -2.34. The van der Waals surface area contributed by atoms with Crippen LogP contribution in [-0.2, 0) is 37.5 Å². The fraction of sp³-hybridized carbons (Fsp3) is 0.854. The van der Waals surface area contributed by atoms with Crippen molar-refractivity contribution in [2.24, 2.45) is 5.73 Å². The Morgan fingerprint density at radius 2 is 0.867 bits per heavy atom. The molecule has 0 amide bonds. The van der Waals surface area contributed by atoms with Gasteiger partial charge in [-0.3, -0.25) is 23.4 Å². The predicted molar refractivity (Wildman–Crippen MR) is 245 cm³/mol. The lowest BCUT2D eigenvalue weighted by molar-refractivity contribution is -0.161. The van der Waals surface area contributed by atoms with Gasteiger partial charge in [-0.05, 0) is 38.5 Å². The van der Waals surface area contributed by atoms with E-state index in [1.807, 2.05) is 0 Å².